The Balaban J connectivity index is 1.64. The van der Waals surface area contributed by atoms with Crippen LogP contribution < -0.4 is 4.74 Å². The number of H-pyrrole nitrogens is 1. The molecule has 0 amide bonds. The highest BCUT2D eigenvalue weighted by atomic mass is 16.5. The van der Waals surface area contributed by atoms with Crippen LogP contribution in [0.5, 0.6) is 5.88 Å². The number of fused-ring (bicyclic) bond motifs is 1. The Morgan fingerprint density at radius 1 is 0.893 bits per heavy atom. The van der Waals surface area contributed by atoms with E-state index in [0.29, 0.717) is 23.2 Å². The van der Waals surface area contributed by atoms with Gasteiger partial charge in [0.15, 0.2) is 17.3 Å². The van der Waals surface area contributed by atoms with Crippen LogP contribution in [-0.4, -0.2) is 35.0 Å². The minimum absolute atomic E-state index is 0.223. The summed E-state index contributed by atoms with van der Waals surface area (Å²) in [5.41, 5.74) is 3.38. The van der Waals surface area contributed by atoms with Crippen LogP contribution in [0.2, 0.25) is 0 Å². The van der Waals surface area contributed by atoms with E-state index >= 15 is 0 Å². The first kappa shape index (κ1) is 16.1. The lowest BCUT2D eigenvalue weighted by Gasteiger charge is -2.11. The van der Waals surface area contributed by atoms with Gasteiger partial charge in [0, 0.05) is 11.1 Å². The molecular formula is C20H15N7O. The first-order valence-corrected chi connectivity index (χ1v) is 8.73. The van der Waals surface area contributed by atoms with Crippen LogP contribution in [0.4, 0.5) is 0 Å². The Bertz CT molecular complexity index is 1200. The van der Waals surface area contributed by atoms with Crippen molar-refractivity contribution < 1.29 is 4.74 Å². The molecular weight excluding hydrogens is 354 g/mol. The van der Waals surface area contributed by atoms with E-state index in [9.17, 15) is 0 Å². The molecule has 8 heteroatoms. The van der Waals surface area contributed by atoms with Gasteiger partial charge in [0.25, 0.3) is 0 Å². The maximum absolute atomic E-state index is 5.98. The second-order valence-corrected chi connectivity index (χ2v) is 6.11. The van der Waals surface area contributed by atoms with E-state index in [2.05, 4.69) is 25.4 Å². The normalized spacial score (nSPS) is 11.0. The number of nitrogens with one attached hydrogen (secondary N) is 1. The van der Waals surface area contributed by atoms with Crippen LogP contribution in [0.1, 0.15) is 5.82 Å². The molecule has 0 radical (unpaired) electrons. The van der Waals surface area contributed by atoms with Gasteiger partial charge >= 0.3 is 0 Å². The molecule has 0 spiro atoms. The summed E-state index contributed by atoms with van der Waals surface area (Å²) in [5.74, 6) is 1.74. The van der Waals surface area contributed by atoms with Gasteiger partial charge in [0.1, 0.15) is 12.9 Å². The summed E-state index contributed by atoms with van der Waals surface area (Å²) in [6.45, 7) is 0.223. The molecule has 2 aromatic carbocycles. The van der Waals surface area contributed by atoms with Crippen molar-refractivity contribution in [3.05, 3.63) is 78.9 Å². The van der Waals surface area contributed by atoms with Crippen molar-refractivity contribution in [2.45, 2.75) is 6.61 Å². The number of hydrogen-bond donors (Lipinski definition) is 1. The molecule has 28 heavy (non-hydrogen) atoms. The topological polar surface area (TPSA) is 93.9 Å². The molecule has 0 atom stereocenters. The summed E-state index contributed by atoms with van der Waals surface area (Å²) in [4.78, 5) is 4.10. The molecule has 5 rings (SSSR count). The zero-order valence-electron chi connectivity index (χ0n) is 14.7. The van der Waals surface area contributed by atoms with E-state index in [-0.39, 0.29) is 6.61 Å². The Morgan fingerprint density at radius 3 is 2.36 bits per heavy atom. The van der Waals surface area contributed by atoms with Crippen LogP contribution in [0, 0.1) is 0 Å². The monoisotopic (exact) mass is 369 g/mol. The third-order valence-corrected chi connectivity index (χ3v) is 4.29. The second kappa shape index (κ2) is 6.92. The van der Waals surface area contributed by atoms with Crippen LogP contribution in [-0.2, 0) is 6.61 Å². The maximum atomic E-state index is 5.98. The largest absolute Gasteiger partial charge is 0.468 e. The highest BCUT2D eigenvalue weighted by Gasteiger charge is 2.16. The van der Waals surface area contributed by atoms with Crippen LogP contribution >= 0.6 is 0 Å². The van der Waals surface area contributed by atoms with Crippen molar-refractivity contribution in [2.24, 2.45) is 0 Å². The molecule has 0 saturated carbocycles. The van der Waals surface area contributed by atoms with Gasteiger partial charge in [-0.15, -0.1) is 15.3 Å². The zero-order valence-corrected chi connectivity index (χ0v) is 14.7. The molecule has 0 bridgehead atoms. The van der Waals surface area contributed by atoms with Crippen LogP contribution in [0.25, 0.3) is 28.2 Å². The predicted molar refractivity (Wildman–Crippen MR) is 102 cm³/mol. The number of hydrogen-bond acceptors (Lipinski definition) is 6. The summed E-state index contributed by atoms with van der Waals surface area (Å²) < 4.78 is 7.68. The molecule has 136 valence electrons. The second-order valence-electron chi connectivity index (χ2n) is 6.11. The average Bonchev–Trinajstić information content (AvgIpc) is 3.42. The van der Waals surface area contributed by atoms with Gasteiger partial charge in [-0.1, -0.05) is 60.7 Å². The van der Waals surface area contributed by atoms with E-state index < -0.39 is 0 Å². The molecule has 0 fully saturated rings. The number of aromatic nitrogens is 7. The average molecular weight is 369 g/mol. The van der Waals surface area contributed by atoms with Crippen molar-refractivity contribution in [1.82, 2.24) is 35.0 Å². The summed E-state index contributed by atoms with van der Waals surface area (Å²) in [7, 11) is 0. The smallest absolute Gasteiger partial charge is 0.240 e. The molecule has 5 aromatic rings. The Morgan fingerprint density at radius 2 is 1.64 bits per heavy atom. The van der Waals surface area contributed by atoms with Crippen molar-refractivity contribution >= 4 is 5.65 Å². The lowest BCUT2D eigenvalue weighted by molar-refractivity contribution is 0.281. The third kappa shape index (κ3) is 2.96. The molecule has 1 N–H and O–H groups in total. The van der Waals surface area contributed by atoms with Gasteiger partial charge in [-0.05, 0) is 11.6 Å². The highest BCUT2D eigenvalue weighted by Crippen LogP contribution is 2.30. The van der Waals surface area contributed by atoms with Gasteiger partial charge < -0.3 is 4.74 Å². The molecule has 0 aliphatic carbocycles. The van der Waals surface area contributed by atoms with Crippen molar-refractivity contribution in [3.8, 4) is 28.4 Å². The lowest BCUT2D eigenvalue weighted by Crippen LogP contribution is -2.05. The van der Waals surface area contributed by atoms with E-state index in [1.807, 2.05) is 66.7 Å². The molecule has 0 unspecified atom stereocenters. The fourth-order valence-electron chi connectivity index (χ4n) is 2.95. The van der Waals surface area contributed by atoms with Crippen molar-refractivity contribution in [1.29, 1.82) is 0 Å². The standard InChI is InChI=1S/C20H15N7O/c1-3-7-14(8-4-1)16-11-18-24-25-19(15-9-5-2-6-10-15)27(18)26-20(16)28-12-17-21-13-22-23-17/h1-11,13H,12H2,(H,21,22,23). The highest BCUT2D eigenvalue weighted by molar-refractivity contribution is 5.72. The van der Waals surface area contributed by atoms with Crippen molar-refractivity contribution in [2.75, 3.05) is 0 Å². The van der Waals surface area contributed by atoms with Gasteiger partial charge in [-0.25, -0.2) is 4.98 Å². The number of aromatic amines is 1. The fraction of sp³-hybridized carbons (Fsp3) is 0.0500. The summed E-state index contributed by atoms with van der Waals surface area (Å²) in [6, 6.07) is 21.7. The molecule has 8 nitrogen and oxygen atoms in total. The Kier molecular flexibility index (Phi) is 3.98. The van der Waals surface area contributed by atoms with E-state index in [1.165, 1.54) is 6.33 Å². The van der Waals surface area contributed by atoms with Gasteiger partial charge in [0.2, 0.25) is 5.88 Å². The summed E-state index contributed by atoms with van der Waals surface area (Å²) in [6.07, 6.45) is 1.45. The van der Waals surface area contributed by atoms with E-state index in [1.54, 1.807) is 4.52 Å². The summed E-state index contributed by atoms with van der Waals surface area (Å²) >= 11 is 0. The number of nitrogens with zero attached hydrogens (tertiary/aromatic N) is 6. The minimum Gasteiger partial charge on any atom is -0.468 e. The van der Waals surface area contributed by atoms with Gasteiger partial charge in [0.05, 0.1) is 0 Å². The summed E-state index contributed by atoms with van der Waals surface area (Å²) in [5, 5.41) is 20.0. The fourth-order valence-corrected chi connectivity index (χ4v) is 2.95. The molecule has 0 aliphatic rings. The first-order chi connectivity index (χ1) is 13.9. The van der Waals surface area contributed by atoms with Crippen LogP contribution in [0.3, 0.4) is 0 Å². The molecule has 3 aromatic heterocycles. The molecule has 0 saturated heterocycles. The van der Waals surface area contributed by atoms with Gasteiger partial charge in [-0.2, -0.15) is 9.61 Å². The maximum Gasteiger partial charge on any atom is 0.240 e. The predicted octanol–water partition coefficient (Wildman–Crippen LogP) is 3.16. The third-order valence-electron chi connectivity index (χ3n) is 4.29. The number of benzene rings is 2. The zero-order chi connectivity index (χ0) is 18.8. The SMILES string of the molecule is c1ccc(-c2cc3nnc(-c4ccccc4)n3nc2OCc2ncn[nH]2)cc1. The Hall–Kier alpha value is -4.07. The quantitative estimate of drug-likeness (QED) is 0.511. The van der Waals surface area contributed by atoms with E-state index in [4.69, 9.17) is 9.84 Å². The molecule has 0 aliphatic heterocycles. The van der Waals surface area contributed by atoms with E-state index in [0.717, 1.165) is 16.7 Å². The minimum atomic E-state index is 0.223. The number of ether oxygens (including phenoxy) is 1. The Labute approximate surface area is 159 Å². The first-order valence-electron chi connectivity index (χ1n) is 8.73. The van der Waals surface area contributed by atoms with Crippen molar-refractivity contribution in [3.63, 3.8) is 0 Å². The lowest BCUT2D eigenvalue weighted by atomic mass is 10.1. The van der Waals surface area contributed by atoms with Crippen LogP contribution in [0.15, 0.2) is 73.1 Å². The molecule has 3 heterocycles. The van der Waals surface area contributed by atoms with Gasteiger partial charge in [-0.3, -0.25) is 5.10 Å². The number of rotatable bonds is 5.